The fourth-order valence-electron chi connectivity index (χ4n) is 2.92. The Hall–Kier alpha value is -2.24. The van der Waals surface area contributed by atoms with Gasteiger partial charge in [0.1, 0.15) is 11.8 Å². The van der Waals surface area contributed by atoms with Crippen LogP contribution in [0.1, 0.15) is 37.0 Å². The second kappa shape index (κ2) is 11.2. The first-order valence-corrected chi connectivity index (χ1v) is 10.7. The minimum Gasteiger partial charge on any atom is -0.483 e. The number of hydrogen-bond donors (Lipinski definition) is 1. The third kappa shape index (κ3) is 6.38. The summed E-state index contributed by atoms with van der Waals surface area (Å²) in [5.41, 5.74) is 2.56. The van der Waals surface area contributed by atoms with Crippen molar-refractivity contribution in [2.45, 2.75) is 46.7 Å². The lowest BCUT2D eigenvalue weighted by molar-refractivity contribution is -0.142. The highest BCUT2D eigenvalue weighted by molar-refractivity contribution is 6.36. The molecule has 2 aromatic rings. The molecule has 0 aromatic heterocycles. The van der Waals surface area contributed by atoms with Crippen molar-refractivity contribution in [1.29, 1.82) is 0 Å². The van der Waals surface area contributed by atoms with E-state index in [1.54, 1.807) is 25.1 Å². The molecule has 0 heterocycles. The van der Waals surface area contributed by atoms with Gasteiger partial charge in [0.25, 0.3) is 5.91 Å². The van der Waals surface area contributed by atoms with Gasteiger partial charge in [0, 0.05) is 28.7 Å². The molecule has 0 aliphatic rings. The van der Waals surface area contributed by atoms with Crippen LogP contribution in [0.5, 0.6) is 5.75 Å². The molecule has 162 valence electrons. The highest BCUT2D eigenvalue weighted by Crippen LogP contribution is 2.27. The number of rotatable bonds is 9. The second-order valence-corrected chi connectivity index (χ2v) is 8.06. The molecular formula is C23H28Cl2N2O3. The largest absolute Gasteiger partial charge is 0.483 e. The molecule has 2 rings (SSSR count). The van der Waals surface area contributed by atoms with E-state index in [2.05, 4.69) is 5.32 Å². The van der Waals surface area contributed by atoms with Crippen molar-refractivity contribution in [3.8, 4) is 5.75 Å². The van der Waals surface area contributed by atoms with E-state index < -0.39 is 6.04 Å². The van der Waals surface area contributed by atoms with Crippen molar-refractivity contribution in [1.82, 2.24) is 10.2 Å². The first-order chi connectivity index (χ1) is 14.2. The number of nitrogens with zero attached hydrogens (tertiary/aromatic N) is 1. The number of hydrogen-bond acceptors (Lipinski definition) is 3. The van der Waals surface area contributed by atoms with Crippen LogP contribution in [0.15, 0.2) is 36.4 Å². The van der Waals surface area contributed by atoms with Gasteiger partial charge in [0.2, 0.25) is 5.91 Å². The molecule has 0 aliphatic heterocycles. The molecule has 1 atom stereocenters. The maximum atomic E-state index is 13.1. The fraction of sp³-hybridized carbons (Fsp3) is 0.391. The van der Waals surface area contributed by atoms with Crippen LogP contribution in [-0.4, -0.2) is 35.9 Å². The van der Waals surface area contributed by atoms with E-state index in [1.165, 1.54) is 4.90 Å². The van der Waals surface area contributed by atoms with Gasteiger partial charge >= 0.3 is 0 Å². The summed E-state index contributed by atoms with van der Waals surface area (Å²) < 4.78 is 5.78. The van der Waals surface area contributed by atoms with Crippen molar-refractivity contribution < 1.29 is 14.3 Å². The number of aryl methyl sites for hydroxylation is 2. The van der Waals surface area contributed by atoms with E-state index >= 15 is 0 Å². The zero-order chi connectivity index (χ0) is 22.3. The Labute approximate surface area is 188 Å². The van der Waals surface area contributed by atoms with Crippen LogP contribution >= 0.6 is 23.2 Å². The Morgan fingerprint density at radius 2 is 1.80 bits per heavy atom. The highest BCUT2D eigenvalue weighted by Gasteiger charge is 2.27. The molecule has 2 amide bonds. The van der Waals surface area contributed by atoms with Crippen LogP contribution in [0.2, 0.25) is 10.0 Å². The average Bonchev–Trinajstić information content (AvgIpc) is 2.71. The number of nitrogens with one attached hydrogen (secondary N) is 1. The average molecular weight is 451 g/mol. The van der Waals surface area contributed by atoms with Crippen LogP contribution in [0, 0.1) is 13.8 Å². The molecule has 30 heavy (non-hydrogen) atoms. The Morgan fingerprint density at radius 3 is 2.43 bits per heavy atom. The van der Waals surface area contributed by atoms with Crippen LogP contribution in [0.3, 0.4) is 0 Å². The number of benzene rings is 2. The maximum Gasteiger partial charge on any atom is 0.261 e. The van der Waals surface area contributed by atoms with Gasteiger partial charge in [-0.2, -0.15) is 0 Å². The van der Waals surface area contributed by atoms with E-state index in [0.29, 0.717) is 27.9 Å². The molecule has 0 radical (unpaired) electrons. The lowest BCUT2D eigenvalue weighted by Crippen LogP contribution is -2.49. The smallest absolute Gasteiger partial charge is 0.261 e. The van der Waals surface area contributed by atoms with Gasteiger partial charge < -0.3 is 15.0 Å². The van der Waals surface area contributed by atoms with E-state index in [-0.39, 0.29) is 25.0 Å². The SMILES string of the molecule is CCCNC(=O)[C@H](C)N(Cc1c(Cl)cccc1Cl)C(=O)COc1cc(C)ccc1C. The van der Waals surface area contributed by atoms with E-state index in [0.717, 1.165) is 17.5 Å². The molecule has 5 nitrogen and oxygen atoms in total. The standard InChI is InChI=1S/C23H28Cl2N2O3/c1-5-11-26-23(29)17(4)27(13-18-19(24)7-6-8-20(18)25)22(28)14-30-21-12-15(2)9-10-16(21)3/h6-10,12,17H,5,11,13-14H2,1-4H3,(H,26,29)/t17-/m0/s1. The fourth-order valence-corrected chi connectivity index (χ4v) is 3.43. The van der Waals surface area contributed by atoms with Crippen LogP contribution in [-0.2, 0) is 16.1 Å². The first-order valence-electron chi connectivity index (χ1n) is 9.94. The van der Waals surface area contributed by atoms with Gasteiger partial charge in [0.15, 0.2) is 6.61 Å². The van der Waals surface area contributed by atoms with E-state index in [1.807, 2.05) is 39.0 Å². The zero-order valence-electron chi connectivity index (χ0n) is 17.8. The number of halogens is 2. The van der Waals surface area contributed by atoms with Crippen molar-refractivity contribution in [3.63, 3.8) is 0 Å². The highest BCUT2D eigenvalue weighted by atomic mass is 35.5. The number of ether oxygens (including phenoxy) is 1. The summed E-state index contributed by atoms with van der Waals surface area (Å²) in [6, 6.07) is 10.3. The van der Waals surface area contributed by atoms with E-state index in [9.17, 15) is 9.59 Å². The summed E-state index contributed by atoms with van der Waals surface area (Å²) >= 11 is 12.6. The summed E-state index contributed by atoms with van der Waals surface area (Å²) in [4.78, 5) is 27.1. The van der Waals surface area contributed by atoms with Crippen molar-refractivity contribution >= 4 is 35.0 Å². The van der Waals surface area contributed by atoms with Crippen molar-refractivity contribution in [2.75, 3.05) is 13.2 Å². The Balaban J connectivity index is 2.23. The number of amides is 2. The lowest BCUT2D eigenvalue weighted by Gasteiger charge is -2.29. The Morgan fingerprint density at radius 1 is 1.13 bits per heavy atom. The second-order valence-electron chi connectivity index (χ2n) is 7.25. The summed E-state index contributed by atoms with van der Waals surface area (Å²) in [6.07, 6.45) is 0.804. The Bertz CT molecular complexity index is 882. The van der Waals surface area contributed by atoms with Crippen molar-refractivity contribution in [2.24, 2.45) is 0 Å². The molecule has 0 spiro atoms. The van der Waals surface area contributed by atoms with Crippen LogP contribution in [0.25, 0.3) is 0 Å². The monoisotopic (exact) mass is 450 g/mol. The van der Waals surface area contributed by atoms with Crippen LogP contribution < -0.4 is 10.1 Å². The molecule has 2 aromatic carbocycles. The summed E-state index contributed by atoms with van der Waals surface area (Å²) in [5, 5.41) is 3.72. The lowest BCUT2D eigenvalue weighted by atomic mass is 10.1. The molecular weight excluding hydrogens is 423 g/mol. The first kappa shape index (κ1) is 24.0. The molecule has 0 unspecified atom stereocenters. The number of carbonyl (C=O) groups is 2. The third-order valence-corrected chi connectivity index (χ3v) is 5.51. The molecule has 0 saturated carbocycles. The molecule has 0 saturated heterocycles. The topological polar surface area (TPSA) is 58.6 Å². The zero-order valence-corrected chi connectivity index (χ0v) is 19.3. The summed E-state index contributed by atoms with van der Waals surface area (Å²) in [6.45, 7) is 7.98. The summed E-state index contributed by atoms with van der Waals surface area (Å²) in [7, 11) is 0. The van der Waals surface area contributed by atoms with Gasteiger partial charge in [-0.3, -0.25) is 9.59 Å². The van der Waals surface area contributed by atoms with Gasteiger partial charge in [-0.25, -0.2) is 0 Å². The van der Waals surface area contributed by atoms with Crippen molar-refractivity contribution in [3.05, 3.63) is 63.1 Å². The molecule has 0 bridgehead atoms. The molecule has 1 N–H and O–H groups in total. The van der Waals surface area contributed by atoms with Crippen LogP contribution in [0.4, 0.5) is 0 Å². The van der Waals surface area contributed by atoms with Gasteiger partial charge in [-0.15, -0.1) is 0 Å². The molecule has 0 aliphatic carbocycles. The normalized spacial score (nSPS) is 11.7. The van der Waals surface area contributed by atoms with E-state index in [4.69, 9.17) is 27.9 Å². The van der Waals surface area contributed by atoms with Gasteiger partial charge in [-0.1, -0.05) is 48.3 Å². The minimum atomic E-state index is -0.710. The maximum absolute atomic E-state index is 13.1. The third-order valence-electron chi connectivity index (χ3n) is 4.80. The predicted molar refractivity (Wildman–Crippen MR) is 121 cm³/mol. The summed E-state index contributed by atoms with van der Waals surface area (Å²) in [5.74, 6) is 0.0771. The minimum absolute atomic E-state index is 0.105. The quantitative estimate of drug-likeness (QED) is 0.588. The Kier molecular flexibility index (Phi) is 9.00. The van der Waals surface area contributed by atoms with Gasteiger partial charge in [0.05, 0.1) is 0 Å². The van der Waals surface area contributed by atoms with Gasteiger partial charge in [-0.05, 0) is 56.5 Å². The number of carbonyl (C=O) groups excluding carboxylic acids is 2. The molecule has 7 heteroatoms. The predicted octanol–water partition coefficient (Wildman–Crippen LogP) is 4.93. The molecule has 0 fully saturated rings.